The standard InChI is InChI=1S/C27H29N3O5S/c1-5-34-21-15-13-20(14-16-21)28-26(31)18-30(25-17-24(35-29-25)27(2,3)4)36(32,33)23-12-8-10-19-9-6-7-11-22(19)23/h6-17H,5,18H2,1-4H3,(H,28,31). The topological polar surface area (TPSA) is 102 Å². The minimum atomic E-state index is -4.18. The van der Waals surface area contributed by atoms with Crippen molar-refractivity contribution in [2.45, 2.75) is 38.0 Å². The van der Waals surface area contributed by atoms with Crippen LogP contribution in [0.5, 0.6) is 5.75 Å². The second-order valence-corrected chi connectivity index (χ2v) is 11.1. The van der Waals surface area contributed by atoms with E-state index in [9.17, 15) is 13.2 Å². The Morgan fingerprint density at radius 3 is 2.39 bits per heavy atom. The minimum Gasteiger partial charge on any atom is -0.494 e. The Bertz CT molecular complexity index is 1470. The number of nitrogens with one attached hydrogen (secondary N) is 1. The fourth-order valence-electron chi connectivity index (χ4n) is 3.70. The lowest BCUT2D eigenvalue weighted by Gasteiger charge is -2.22. The number of hydrogen-bond acceptors (Lipinski definition) is 6. The lowest BCUT2D eigenvalue weighted by Crippen LogP contribution is -2.38. The molecular weight excluding hydrogens is 478 g/mol. The Morgan fingerprint density at radius 2 is 1.72 bits per heavy atom. The quantitative estimate of drug-likeness (QED) is 0.345. The summed E-state index contributed by atoms with van der Waals surface area (Å²) in [5.41, 5.74) is 0.117. The van der Waals surface area contributed by atoms with E-state index in [0.29, 0.717) is 29.2 Å². The number of fused-ring (bicyclic) bond motifs is 1. The van der Waals surface area contributed by atoms with Crippen molar-refractivity contribution in [3.05, 3.63) is 78.6 Å². The number of aromatic nitrogens is 1. The van der Waals surface area contributed by atoms with Gasteiger partial charge in [-0.15, -0.1) is 0 Å². The number of hydrogen-bond donors (Lipinski definition) is 1. The van der Waals surface area contributed by atoms with Crippen molar-refractivity contribution in [3.8, 4) is 5.75 Å². The van der Waals surface area contributed by atoms with Crippen LogP contribution in [0.3, 0.4) is 0 Å². The molecule has 0 aliphatic heterocycles. The monoisotopic (exact) mass is 507 g/mol. The van der Waals surface area contributed by atoms with Gasteiger partial charge >= 0.3 is 0 Å². The van der Waals surface area contributed by atoms with Crippen molar-refractivity contribution in [2.24, 2.45) is 0 Å². The highest BCUT2D eigenvalue weighted by Gasteiger charge is 2.32. The van der Waals surface area contributed by atoms with Crippen molar-refractivity contribution < 1.29 is 22.5 Å². The van der Waals surface area contributed by atoms with E-state index in [1.165, 1.54) is 6.07 Å². The Morgan fingerprint density at radius 1 is 1.03 bits per heavy atom. The average Bonchev–Trinajstić information content (AvgIpc) is 3.34. The number of nitrogens with zero attached hydrogens (tertiary/aromatic N) is 2. The first kappa shape index (κ1) is 25.2. The molecule has 3 aromatic carbocycles. The summed E-state index contributed by atoms with van der Waals surface area (Å²) in [5, 5.41) is 8.10. The maximum Gasteiger partial charge on any atom is 0.266 e. The van der Waals surface area contributed by atoms with Gasteiger partial charge in [0.15, 0.2) is 5.82 Å². The predicted octanol–water partition coefficient (Wildman–Crippen LogP) is 5.36. The molecule has 0 saturated heterocycles. The average molecular weight is 508 g/mol. The molecule has 0 aliphatic rings. The Balaban J connectivity index is 1.70. The van der Waals surface area contributed by atoms with Crippen molar-refractivity contribution >= 4 is 38.2 Å². The molecular formula is C27H29N3O5S. The molecule has 0 fully saturated rings. The Hall–Kier alpha value is -3.85. The van der Waals surface area contributed by atoms with Crippen LogP contribution >= 0.6 is 0 Å². The lowest BCUT2D eigenvalue weighted by atomic mass is 9.93. The van der Waals surface area contributed by atoms with Gasteiger partial charge in [0.2, 0.25) is 5.91 Å². The highest BCUT2D eigenvalue weighted by molar-refractivity contribution is 7.93. The van der Waals surface area contributed by atoms with Crippen LogP contribution in [0.25, 0.3) is 10.8 Å². The molecule has 1 amide bonds. The van der Waals surface area contributed by atoms with E-state index >= 15 is 0 Å². The Labute approximate surface area is 210 Å². The van der Waals surface area contributed by atoms with E-state index in [0.717, 1.165) is 9.69 Å². The van der Waals surface area contributed by atoms with Crippen LogP contribution < -0.4 is 14.4 Å². The van der Waals surface area contributed by atoms with Gasteiger partial charge in [0.1, 0.15) is 18.1 Å². The SMILES string of the molecule is CCOc1ccc(NC(=O)CN(c2cc(C(C)(C)C)on2)S(=O)(=O)c2cccc3ccccc23)cc1. The molecule has 0 bridgehead atoms. The lowest BCUT2D eigenvalue weighted by molar-refractivity contribution is -0.114. The molecule has 1 heterocycles. The van der Waals surface area contributed by atoms with Crippen LogP contribution in [0.1, 0.15) is 33.5 Å². The molecule has 188 valence electrons. The first-order chi connectivity index (χ1) is 17.1. The molecule has 0 saturated carbocycles. The summed E-state index contributed by atoms with van der Waals surface area (Å²) in [6.07, 6.45) is 0. The molecule has 4 rings (SSSR count). The molecule has 8 nitrogen and oxygen atoms in total. The summed E-state index contributed by atoms with van der Waals surface area (Å²) in [6.45, 7) is 7.71. The molecule has 0 aliphatic carbocycles. The summed E-state index contributed by atoms with van der Waals surface area (Å²) in [7, 11) is -4.18. The van der Waals surface area contributed by atoms with Crippen molar-refractivity contribution in [1.29, 1.82) is 0 Å². The van der Waals surface area contributed by atoms with Crippen molar-refractivity contribution in [1.82, 2.24) is 5.16 Å². The molecule has 0 spiro atoms. The normalized spacial score (nSPS) is 11.9. The zero-order valence-corrected chi connectivity index (χ0v) is 21.5. The maximum absolute atomic E-state index is 14.0. The number of rotatable bonds is 8. The van der Waals surface area contributed by atoms with E-state index in [1.54, 1.807) is 48.5 Å². The number of carbonyl (C=O) groups is 1. The van der Waals surface area contributed by atoms with Gasteiger partial charge in [0.25, 0.3) is 10.0 Å². The summed E-state index contributed by atoms with van der Waals surface area (Å²) < 4.78 is 39.8. The van der Waals surface area contributed by atoms with Gasteiger partial charge in [-0.25, -0.2) is 12.7 Å². The van der Waals surface area contributed by atoms with E-state index < -0.39 is 27.9 Å². The summed E-state index contributed by atoms with van der Waals surface area (Å²) in [5.74, 6) is 0.688. The van der Waals surface area contributed by atoms with E-state index in [2.05, 4.69) is 10.5 Å². The first-order valence-corrected chi connectivity index (χ1v) is 13.0. The first-order valence-electron chi connectivity index (χ1n) is 11.6. The number of amides is 1. The van der Waals surface area contributed by atoms with E-state index in [1.807, 2.05) is 45.9 Å². The number of benzene rings is 3. The minimum absolute atomic E-state index is 0.0368. The van der Waals surface area contributed by atoms with Crippen LogP contribution in [-0.2, 0) is 20.2 Å². The molecule has 4 aromatic rings. The van der Waals surface area contributed by atoms with Crippen LogP contribution in [0.15, 0.2) is 82.2 Å². The molecule has 1 aromatic heterocycles. The van der Waals surface area contributed by atoms with Gasteiger partial charge in [0, 0.05) is 22.6 Å². The molecule has 36 heavy (non-hydrogen) atoms. The number of carbonyl (C=O) groups excluding carboxylic acids is 1. The third-order valence-electron chi connectivity index (χ3n) is 5.55. The maximum atomic E-state index is 14.0. The van der Waals surface area contributed by atoms with Crippen LogP contribution in [0.4, 0.5) is 11.5 Å². The van der Waals surface area contributed by atoms with Crippen molar-refractivity contribution in [2.75, 3.05) is 22.8 Å². The molecule has 9 heteroatoms. The van der Waals surface area contributed by atoms with Crippen LogP contribution in [0.2, 0.25) is 0 Å². The predicted molar refractivity (Wildman–Crippen MR) is 140 cm³/mol. The van der Waals surface area contributed by atoms with Gasteiger partial charge < -0.3 is 14.6 Å². The Kier molecular flexibility index (Phi) is 7.03. The zero-order chi connectivity index (χ0) is 25.9. The smallest absolute Gasteiger partial charge is 0.266 e. The van der Waals surface area contributed by atoms with Gasteiger partial charge in [-0.2, -0.15) is 0 Å². The third kappa shape index (κ3) is 5.36. The van der Waals surface area contributed by atoms with Crippen LogP contribution in [0, 0.1) is 0 Å². The van der Waals surface area contributed by atoms with Crippen molar-refractivity contribution in [3.63, 3.8) is 0 Å². The fraction of sp³-hybridized carbons (Fsp3) is 0.259. The van der Waals surface area contributed by atoms with Gasteiger partial charge in [-0.05, 0) is 42.6 Å². The summed E-state index contributed by atoms with van der Waals surface area (Å²) in [6, 6.07) is 20.7. The van der Waals surface area contributed by atoms with Gasteiger partial charge in [0.05, 0.1) is 11.5 Å². The third-order valence-corrected chi connectivity index (χ3v) is 7.35. The zero-order valence-electron chi connectivity index (χ0n) is 20.7. The molecule has 0 atom stereocenters. The highest BCUT2D eigenvalue weighted by Crippen LogP contribution is 2.31. The molecule has 0 unspecified atom stereocenters. The van der Waals surface area contributed by atoms with Crippen LogP contribution in [-0.4, -0.2) is 32.6 Å². The molecule has 0 radical (unpaired) electrons. The number of sulfonamides is 1. The fourth-order valence-corrected chi connectivity index (χ4v) is 5.27. The van der Waals surface area contributed by atoms with Gasteiger partial charge in [-0.3, -0.25) is 4.79 Å². The van der Waals surface area contributed by atoms with E-state index in [-0.39, 0.29) is 10.7 Å². The summed E-state index contributed by atoms with van der Waals surface area (Å²) >= 11 is 0. The van der Waals surface area contributed by atoms with E-state index in [4.69, 9.17) is 9.26 Å². The highest BCUT2D eigenvalue weighted by atomic mass is 32.2. The molecule has 1 N–H and O–H groups in total. The summed E-state index contributed by atoms with van der Waals surface area (Å²) in [4.78, 5) is 13.1. The second kappa shape index (κ2) is 10.0. The number of anilines is 2. The second-order valence-electron chi connectivity index (χ2n) is 9.29. The van der Waals surface area contributed by atoms with Gasteiger partial charge in [-0.1, -0.05) is 62.3 Å². The largest absolute Gasteiger partial charge is 0.494 e. The number of ether oxygens (including phenoxy) is 1.